The van der Waals surface area contributed by atoms with E-state index in [0.717, 1.165) is 0 Å². The first-order valence-corrected chi connectivity index (χ1v) is 6.77. The highest BCUT2D eigenvalue weighted by Gasteiger charge is 2.09. The van der Waals surface area contributed by atoms with Gasteiger partial charge in [-0.1, -0.05) is 0 Å². The summed E-state index contributed by atoms with van der Waals surface area (Å²) in [5.74, 6) is 0. The molecule has 5 nitrogen and oxygen atoms in total. The van der Waals surface area contributed by atoms with Gasteiger partial charge < -0.3 is 23.8 Å². The highest BCUT2D eigenvalue weighted by atomic mass is 31.0. The Balaban J connectivity index is 3.48. The molecule has 0 rings (SSSR count). The third-order valence-corrected chi connectivity index (χ3v) is 2.64. The first kappa shape index (κ1) is 18.2. The molecular formula is C12H27O5P. The third kappa shape index (κ3) is 11.3. The minimum absolute atomic E-state index is 0.0132. The lowest BCUT2D eigenvalue weighted by molar-refractivity contribution is -0.0738. The lowest BCUT2D eigenvalue weighted by Crippen LogP contribution is -2.26. The maximum Gasteiger partial charge on any atom is 0.0816 e. The van der Waals surface area contributed by atoms with Crippen LogP contribution in [-0.4, -0.2) is 55.9 Å². The van der Waals surface area contributed by atoms with Gasteiger partial charge >= 0.3 is 0 Å². The van der Waals surface area contributed by atoms with Gasteiger partial charge in [-0.2, -0.15) is 0 Å². The fourth-order valence-electron chi connectivity index (χ4n) is 1.14. The minimum Gasteiger partial charge on any atom is -0.391 e. The molecule has 0 aliphatic rings. The number of rotatable bonds is 11. The van der Waals surface area contributed by atoms with Crippen molar-refractivity contribution in [2.24, 2.45) is 0 Å². The second kappa shape index (κ2) is 11.1. The van der Waals surface area contributed by atoms with E-state index in [1.165, 1.54) is 0 Å². The van der Waals surface area contributed by atoms with Gasteiger partial charge in [-0.15, -0.1) is 0 Å². The van der Waals surface area contributed by atoms with E-state index in [-0.39, 0.29) is 18.3 Å². The predicted molar refractivity (Wildman–Crippen MR) is 73.6 cm³/mol. The van der Waals surface area contributed by atoms with E-state index in [9.17, 15) is 0 Å². The summed E-state index contributed by atoms with van der Waals surface area (Å²) in [6, 6.07) is 0. The molecule has 5 atom stereocenters. The Kier molecular flexibility index (Phi) is 11.2. The topological polar surface area (TPSA) is 57.2 Å². The average Bonchev–Trinajstić information content (AvgIpc) is 2.33. The SMILES string of the molecule is CC(O)COC(C)COC(C)COCC(C)OP. The van der Waals surface area contributed by atoms with Gasteiger partial charge in [0.15, 0.2) is 0 Å². The van der Waals surface area contributed by atoms with Crippen molar-refractivity contribution >= 4 is 9.47 Å². The normalized spacial score (nSPS) is 18.3. The fourth-order valence-corrected chi connectivity index (χ4v) is 1.22. The Morgan fingerprint density at radius 2 is 1.33 bits per heavy atom. The maximum absolute atomic E-state index is 9.07. The molecule has 0 amide bonds. The Morgan fingerprint density at radius 3 is 1.89 bits per heavy atom. The summed E-state index contributed by atoms with van der Waals surface area (Å²) in [6.07, 6.45) is -0.396. The van der Waals surface area contributed by atoms with Crippen LogP contribution >= 0.6 is 9.47 Å². The second-order valence-electron chi connectivity index (χ2n) is 4.62. The Hall–Kier alpha value is 0.230. The van der Waals surface area contributed by atoms with Crippen molar-refractivity contribution < 1.29 is 23.8 Å². The van der Waals surface area contributed by atoms with E-state index in [1.807, 2.05) is 20.8 Å². The molecule has 0 aromatic carbocycles. The van der Waals surface area contributed by atoms with Crippen molar-refractivity contribution in [3.8, 4) is 0 Å². The van der Waals surface area contributed by atoms with Crippen LogP contribution in [0.15, 0.2) is 0 Å². The van der Waals surface area contributed by atoms with Crippen LogP contribution in [0.2, 0.25) is 0 Å². The molecule has 5 unspecified atom stereocenters. The van der Waals surface area contributed by atoms with Gasteiger partial charge in [-0.3, -0.25) is 0 Å². The molecular weight excluding hydrogens is 255 g/mol. The molecule has 0 radical (unpaired) electrons. The van der Waals surface area contributed by atoms with Crippen molar-refractivity contribution in [1.82, 2.24) is 0 Å². The van der Waals surface area contributed by atoms with Gasteiger partial charge in [0.25, 0.3) is 0 Å². The van der Waals surface area contributed by atoms with E-state index in [1.54, 1.807) is 6.92 Å². The summed E-state index contributed by atoms with van der Waals surface area (Å²) in [7, 11) is 2.22. The minimum atomic E-state index is -0.443. The summed E-state index contributed by atoms with van der Waals surface area (Å²) in [5, 5.41) is 9.07. The van der Waals surface area contributed by atoms with Crippen molar-refractivity contribution in [3.05, 3.63) is 0 Å². The van der Waals surface area contributed by atoms with Crippen molar-refractivity contribution in [3.63, 3.8) is 0 Å². The number of aliphatic hydroxyl groups excluding tert-OH is 1. The largest absolute Gasteiger partial charge is 0.391 e. The molecule has 0 aliphatic heterocycles. The molecule has 1 N–H and O–H groups in total. The number of ether oxygens (including phenoxy) is 3. The zero-order valence-corrected chi connectivity index (χ0v) is 13.0. The predicted octanol–water partition coefficient (Wildman–Crippen LogP) is 1.39. The van der Waals surface area contributed by atoms with Crippen LogP contribution in [-0.2, 0) is 18.7 Å². The standard InChI is InChI=1S/C12H27O5P/c1-9(13)5-15-11(3)8-16-10(2)6-14-7-12(4)17-18/h9-13H,5-8,18H2,1-4H3. The summed E-state index contributed by atoms with van der Waals surface area (Å²) in [4.78, 5) is 0. The van der Waals surface area contributed by atoms with Crippen LogP contribution in [0.4, 0.5) is 0 Å². The van der Waals surface area contributed by atoms with Gasteiger partial charge in [0.1, 0.15) is 0 Å². The van der Waals surface area contributed by atoms with E-state index in [4.69, 9.17) is 23.8 Å². The van der Waals surface area contributed by atoms with Crippen LogP contribution in [0.1, 0.15) is 27.7 Å². The molecule has 0 saturated heterocycles. The second-order valence-corrected chi connectivity index (χ2v) is 4.89. The quantitative estimate of drug-likeness (QED) is 0.580. The summed E-state index contributed by atoms with van der Waals surface area (Å²) in [6.45, 7) is 9.40. The Labute approximate surface area is 112 Å². The molecule has 0 fully saturated rings. The van der Waals surface area contributed by atoms with E-state index < -0.39 is 6.10 Å². The van der Waals surface area contributed by atoms with Crippen molar-refractivity contribution in [2.45, 2.75) is 52.1 Å². The zero-order valence-electron chi connectivity index (χ0n) is 11.8. The third-order valence-electron chi connectivity index (χ3n) is 2.17. The van der Waals surface area contributed by atoms with E-state index in [2.05, 4.69) is 9.47 Å². The molecule has 0 heterocycles. The average molecular weight is 282 g/mol. The number of hydrogen-bond acceptors (Lipinski definition) is 5. The first-order chi connectivity index (χ1) is 8.45. The fraction of sp³-hybridized carbons (Fsp3) is 1.00. The van der Waals surface area contributed by atoms with Gasteiger partial charge in [0, 0.05) is 9.47 Å². The van der Waals surface area contributed by atoms with E-state index >= 15 is 0 Å². The van der Waals surface area contributed by atoms with Gasteiger partial charge in [0.05, 0.1) is 50.8 Å². The molecule has 0 bridgehead atoms. The highest BCUT2D eigenvalue weighted by molar-refractivity contribution is 7.09. The van der Waals surface area contributed by atoms with Gasteiger partial charge in [-0.05, 0) is 27.7 Å². The molecule has 6 heteroatoms. The van der Waals surface area contributed by atoms with Gasteiger partial charge in [0.2, 0.25) is 0 Å². The lowest BCUT2D eigenvalue weighted by atomic mass is 10.4. The highest BCUT2D eigenvalue weighted by Crippen LogP contribution is 2.01. The monoisotopic (exact) mass is 282 g/mol. The van der Waals surface area contributed by atoms with Crippen LogP contribution in [0.5, 0.6) is 0 Å². The lowest BCUT2D eigenvalue weighted by Gasteiger charge is -2.19. The summed E-state index contributed by atoms with van der Waals surface area (Å²) in [5.41, 5.74) is 0. The van der Waals surface area contributed by atoms with Crippen LogP contribution < -0.4 is 0 Å². The molecule has 0 saturated carbocycles. The molecule has 0 aromatic heterocycles. The first-order valence-electron chi connectivity index (χ1n) is 6.30. The van der Waals surface area contributed by atoms with Crippen LogP contribution in [0.25, 0.3) is 0 Å². The number of hydrogen-bond donors (Lipinski definition) is 1. The molecule has 18 heavy (non-hydrogen) atoms. The van der Waals surface area contributed by atoms with Gasteiger partial charge in [-0.25, -0.2) is 0 Å². The Morgan fingerprint density at radius 1 is 0.833 bits per heavy atom. The van der Waals surface area contributed by atoms with Crippen LogP contribution in [0.3, 0.4) is 0 Å². The molecule has 0 aliphatic carbocycles. The number of aliphatic hydroxyl groups is 1. The summed E-state index contributed by atoms with van der Waals surface area (Å²) < 4.78 is 21.4. The van der Waals surface area contributed by atoms with E-state index in [0.29, 0.717) is 26.4 Å². The summed E-state index contributed by atoms with van der Waals surface area (Å²) >= 11 is 0. The van der Waals surface area contributed by atoms with Crippen molar-refractivity contribution in [1.29, 1.82) is 0 Å². The maximum atomic E-state index is 9.07. The van der Waals surface area contributed by atoms with Crippen molar-refractivity contribution in [2.75, 3.05) is 26.4 Å². The molecule has 0 spiro atoms. The van der Waals surface area contributed by atoms with Crippen LogP contribution in [0, 0.1) is 0 Å². The smallest absolute Gasteiger partial charge is 0.0816 e. The molecule has 110 valence electrons. The Bertz CT molecular complexity index is 191. The zero-order chi connectivity index (χ0) is 14.0. The molecule has 0 aromatic rings.